The zero-order chi connectivity index (χ0) is 12.8. The van der Waals surface area contributed by atoms with Crippen LogP contribution in [-0.4, -0.2) is 24.4 Å². The first kappa shape index (κ1) is 13.3. The molecular formula is C14H20N2O. The number of allylic oxidation sites excluding steroid dienone is 1. The van der Waals surface area contributed by atoms with Crippen LogP contribution in [0.15, 0.2) is 30.9 Å². The Labute approximate surface area is 103 Å². The van der Waals surface area contributed by atoms with Crippen LogP contribution in [0.5, 0.6) is 0 Å². The van der Waals surface area contributed by atoms with E-state index >= 15 is 0 Å². The molecule has 0 radical (unpaired) electrons. The van der Waals surface area contributed by atoms with Crippen LogP contribution in [0.3, 0.4) is 0 Å². The van der Waals surface area contributed by atoms with E-state index in [1.165, 1.54) is 0 Å². The first-order chi connectivity index (χ1) is 8.04. The SMILES string of the molecule is C=CCCCN(C)C(=O)c1cc(C)cc(N)c1. The van der Waals surface area contributed by atoms with Crippen LogP contribution in [0.2, 0.25) is 0 Å². The van der Waals surface area contributed by atoms with E-state index in [1.54, 1.807) is 11.0 Å². The highest BCUT2D eigenvalue weighted by molar-refractivity contribution is 5.95. The number of carbonyl (C=O) groups excluding carboxylic acids is 1. The first-order valence-electron chi connectivity index (χ1n) is 5.78. The van der Waals surface area contributed by atoms with E-state index in [0.29, 0.717) is 11.3 Å². The molecule has 0 saturated heterocycles. The summed E-state index contributed by atoms with van der Waals surface area (Å²) >= 11 is 0. The van der Waals surface area contributed by atoms with Crippen molar-refractivity contribution < 1.29 is 4.79 Å². The summed E-state index contributed by atoms with van der Waals surface area (Å²) in [6.45, 7) is 6.33. The Balaban J connectivity index is 2.70. The number of amides is 1. The van der Waals surface area contributed by atoms with E-state index in [9.17, 15) is 4.79 Å². The summed E-state index contributed by atoms with van der Waals surface area (Å²) < 4.78 is 0. The van der Waals surface area contributed by atoms with Crippen LogP contribution >= 0.6 is 0 Å². The molecule has 0 aliphatic carbocycles. The molecule has 0 aliphatic rings. The third-order valence-electron chi connectivity index (χ3n) is 2.60. The molecule has 0 bridgehead atoms. The van der Waals surface area contributed by atoms with Gasteiger partial charge in [0.1, 0.15) is 0 Å². The smallest absolute Gasteiger partial charge is 0.253 e. The predicted molar refractivity (Wildman–Crippen MR) is 72.0 cm³/mol. The highest BCUT2D eigenvalue weighted by Crippen LogP contribution is 2.13. The van der Waals surface area contributed by atoms with Gasteiger partial charge in [0.2, 0.25) is 0 Å². The number of benzene rings is 1. The number of rotatable bonds is 5. The van der Waals surface area contributed by atoms with Crippen molar-refractivity contribution in [2.24, 2.45) is 0 Å². The number of anilines is 1. The van der Waals surface area contributed by atoms with Crippen LogP contribution in [-0.2, 0) is 0 Å². The molecule has 1 amide bonds. The Morgan fingerprint density at radius 3 is 2.76 bits per heavy atom. The molecule has 1 aromatic rings. The van der Waals surface area contributed by atoms with E-state index in [4.69, 9.17) is 5.73 Å². The van der Waals surface area contributed by atoms with Crippen molar-refractivity contribution in [3.63, 3.8) is 0 Å². The lowest BCUT2D eigenvalue weighted by molar-refractivity contribution is 0.0794. The second-order valence-corrected chi connectivity index (χ2v) is 4.29. The topological polar surface area (TPSA) is 46.3 Å². The second kappa shape index (κ2) is 6.09. The fourth-order valence-corrected chi connectivity index (χ4v) is 1.73. The van der Waals surface area contributed by atoms with E-state index in [0.717, 1.165) is 24.9 Å². The quantitative estimate of drug-likeness (QED) is 0.482. The van der Waals surface area contributed by atoms with Gasteiger partial charge in [0, 0.05) is 24.8 Å². The van der Waals surface area contributed by atoms with Crippen LogP contribution < -0.4 is 5.73 Å². The van der Waals surface area contributed by atoms with Crippen molar-refractivity contribution in [2.45, 2.75) is 19.8 Å². The zero-order valence-electron chi connectivity index (χ0n) is 10.6. The minimum Gasteiger partial charge on any atom is -0.399 e. The third kappa shape index (κ3) is 3.94. The van der Waals surface area contributed by atoms with E-state index in [2.05, 4.69) is 6.58 Å². The Morgan fingerprint density at radius 1 is 1.47 bits per heavy atom. The maximum atomic E-state index is 12.1. The average Bonchev–Trinajstić information content (AvgIpc) is 2.27. The molecule has 92 valence electrons. The molecule has 0 unspecified atom stereocenters. The van der Waals surface area contributed by atoms with Gasteiger partial charge in [-0.3, -0.25) is 4.79 Å². The normalized spacial score (nSPS) is 10.0. The highest BCUT2D eigenvalue weighted by Gasteiger charge is 2.11. The largest absolute Gasteiger partial charge is 0.399 e. The Morgan fingerprint density at radius 2 is 2.18 bits per heavy atom. The summed E-state index contributed by atoms with van der Waals surface area (Å²) in [4.78, 5) is 13.8. The average molecular weight is 232 g/mol. The van der Waals surface area contributed by atoms with Crippen molar-refractivity contribution in [3.05, 3.63) is 42.0 Å². The van der Waals surface area contributed by atoms with Crippen molar-refractivity contribution in [3.8, 4) is 0 Å². The molecule has 0 spiro atoms. The van der Waals surface area contributed by atoms with Gasteiger partial charge >= 0.3 is 0 Å². The van der Waals surface area contributed by atoms with Gasteiger partial charge in [0.05, 0.1) is 0 Å². The number of hydrogen-bond acceptors (Lipinski definition) is 2. The van der Waals surface area contributed by atoms with E-state index < -0.39 is 0 Å². The van der Waals surface area contributed by atoms with Crippen LogP contribution in [0.25, 0.3) is 0 Å². The lowest BCUT2D eigenvalue weighted by Gasteiger charge is -2.17. The van der Waals surface area contributed by atoms with E-state index in [1.807, 2.05) is 32.2 Å². The third-order valence-corrected chi connectivity index (χ3v) is 2.60. The van der Waals surface area contributed by atoms with Gasteiger partial charge in [-0.25, -0.2) is 0 Å². The molecule has 0 aliphatic heterocycles. The van der Waals surface area contributed by atoms with Crippen molar-refractivity contribution >= 4 is 11.6 Å². The number of unbranched alkanes of at least 4 members (excludes halogenated alkanes) is 1. The molecule has 17 heavy (non-hydrogen) atoms. The molecule has 0 saturated carbocycles. The van der Waals surface area contributed by atoms with Crippen LogP contribution in [0, 0.1) is 6.92 Å². The van der Waals surface area contributed by atoms with Gasteiger partial charge in [-0.15, -0.1) is 6.58 Å². The van der Waals surface area contributed by atoms with Crippen LogP contribution in [0.4, 0.5) is 5.69 Å². The fraction of sp³-hybridized carbons (Fsp3) is 0.357. The lowest BCUT2D eigenvalue weighted by atomic mass is 10.1. The molecule has 0 atom stereocenters. The molecule has 2 N–H and O–H groups in total. The summed E-state index contributed by atoms with van der Waals surface area (Å²) in [6.07, 6.45) is 3.73. The van der Waals surface area contributed by atoms with Crippen LogP contribution in [0.1, 0.15) is 28.8 Å². The summed E-state index contributed by atoms with van der Waals surface area (Å²) in [5.74, 6) is 0.0180. The summed E-state index contributed by atoms with van der Waals surface area (Å²) in [5, 5.41) is 0. The van der Waals surface area contributed by atoms with Crippen molar-refractivity contribution in [1.82, 2.24) is 4.90 Å². The number of carbonyl (C=O) groups is 1. The molecule has 0 aromatic heterocycles. The molecule has 1 rings (SSSR count). The monoisotopic (exact) mass is 232 g/mol. The molecule has 0 heterocycles. The van der Waals surface area contributed by atoms with Gasteiger partial charge in [-0.2, -0.15) is 0 Å². The predicted octanol–water partition coefficient (Wildman–Crippen LogP) is 2.62. The molecule has 1 aromatic carbocycles. The number of nitrogens with two attached hydrogens (primary N) is 1. The maximum Gasteiger partial charge on any atom is 0.253 e. The molecule has 3 heteroatoms. The maximum absolute atomic E-state index is 12.1. The number of aryl methyl sites for hydroxylation is 1. The minimum absolute atomic E-state index is 0.0180. The second-order valence-electron chi connectivity index (χ2n) is 4.29. The molecule has 3 nitrogen and oxygen atoms in total. The van der Waals surface area contributed by atoms with Gasteiger partial charge in [-0.05, 0) is 43.5 Å². The summed E-state index contributed by atoms with van der Waals surface area (Å²) in [6, 6.07) is 5.44. The Bertz CT molecular complexity index is 392. The van der Waals surface area contributed by atoms with Gasteiger partial charge < -0.3 is 10.6 Å². The first-order valence-corrected chi connectivity index (χ1v) is 5.78. The fourth-order valence-electron chi connectivity index (χ4n) is 1.73. The number of nitrogen functional groups attached to an aromatic ring is 1. The molecule has 0 fully saturated rings. The summed E-state index contributed by atoms with van der Waals surface area (Å²) in [7, 11) is 1.81. The van der Waals surface area contributed by atoms with Crippen molar-refractivity contribution in [1.29, 1.82) is 0 Å². The Kier molecular flexibility index (Phi) is 4.76. The van der Waals surface area contributed by atoms with Gasteiger partial charge in [0.15, 0.2) is 0 Å². The summed E-state index contributed by atoms with van der Waals surface area (Å²) in [5.41, 5.74) is 8.03. The van der Waals surface area contributed by atoms with Gasteiger partial charge in [-0.1, -0.05) is 6.08 Å². The standard InChI is InChI=1S/C14H20N2O/c1-4-5-6-7-16(3)14(17)12-8-11(2)9-13(15)10-12/h4,8-10H,1,5-7,15H2,2-3H3. The van der Waals surface area contributed by atoms with Crippen molar-refractivity contribution in [2.75, 3.05) is 19.3 Å². The number of hydrogen-bond donors (Lipinski definition) is 1. The minimum atomic E-state index is 0.0180. The zero-order valence-corrected chi connectivity index (χ0v) is 10.6. The van der Waals surface area contributed by atoms with E-state index in [-0.39, 0.29) is 5.91 Å². The molecular weight excluding hydrogens is 212 g/mol. The number of nitrogens with zero attached hydrogens (tertiary/aromatic N) is 1. The lowest BCUT2D eigenvalue weighted by Crippen LogP contribution is -2.27. The van der Waals surface area contributed by atoms with Gasteiger partial charge in [0.25, 0.3) is 5.91 Å². The Hall–Kier alpha value is -1.77. The highest BCUT2D eigenvalue weighted by atomic mass is 16.2.